The van der Waals surface area contributed by atoms with Gasteiger partial charge in [0.15, 0.2) is 5.11 Å². The van der Waals surface area contributed by atoms with Crippen molar-refractivity contribution in [2.75, 3.05) is 39.4 Å². The van der Waals surface area contributed by atoms with E-state index in [1.165, 1.54) is 12.1 Å². The molecule has 1 aromatic carbocycles. The summed E-state index contributed by atoms with van der Waals surface area (Å²) in [6.45, 7) is 5.14. The second kappa shape index (κ2) is 9.36. The van der Waals surface area contributed by atoms with Gasteiger partial charge >= 0.3 is 0 Å². The van der Waals surface area contributed by atoms with E-state index in [1.54, 1.807) is 12.1 Å². The standard InChI is InChI=1S/C24H26FN5OS/c25-18-6-8-19(9-7-18)29-11-3-5-21(29)23-22(20-4-1-2-10-26-20)27-24(32)30(23)13-12-28-14-16-31-17-15-28/h1-11,22-23H,12-17H2,(H,27,32)/t22-,23+/m0/s1. The zero-order chi connectivity index (χ0) is 21.9. The van der Waals surface area contributed by atoms with Gasteiger partial charge in [0, 0.05) is 50.0 Å². The Bertz CT molecular complexity index is 1050. The van der Waals surface area contributed by atoms with Crippen molar-refractivity contribution in [1.29, 1.82) is 0 Å². The number of nitrogens with one attached hydrogen (secondary N) is 1. The van der Waals surface area contributed by atoms with Crippen molar-refractivity contribution < 1.29 is 9.13 Å². The highest BCUT2D eigenvalue weighted by atomic mass is 32.1. The zero-order valence-corrected chi connectivity index (χ0v) is 18.5. The first-order chi connectivity index (χ1) is 15.7. The van der Waals surface area contributed by atoms with E-state index >= 15 is 0 Å². The van der Waals surface area contributed by atoms with Crippen LogP contribution < -0.4 is 5.32 Å². The van der Waals surface area contributed by atoms with Crippen molar-refractivity contribution in [3.8, 4) is 5.69 Å². The van der Waals surface area contributed by atoms with Crippen molar-refractivity contribution >= 4 is 17.3 Å². The number of benzene rings is 1. The molecule has 1 N–H and O–H groups in total. The number of ether oxygens (including phenoxy) is 1. The Balaban J connectivity index is 1.49. The lowest BCUT2D eigenvalue weighted by Crippen LogP contribution is -2.42. The lowest BCUT2D eigenvalue weighted by Gasteiger charge is -2.32. The quantitative estimate of drug-likeness (QED) is 0.581. The summed E-state index contributed by atoms with van der Waals surface area (Å²) in [6, 6.07) is 16.5. The van der Waals surface area contributed by atoms with Gasteiger partial charge in [0.2, 0.25) is 0 Å². The normalized spacial score (nSPS) is 21.7. The number of rotatable bonds is 6. The topological polar surface area (TPSA) is 45.6 Å². The summed E-state index contributed by atoms with van der Waals surface area (Å²) >= 11 is 5.80. The van der Waals surface area contributed by atoms with Gasteiger partial charge in [-0.05, 0) is 60.7 Å². The Morgan fingerprint density at radius 3 is 2.59 bits per heavy atom. The van der Waals surface area contributed by atoms with Crippen LogP contribution in [0.1, 0.15) is 23.5 Å². The van der Waals surface area contributed by atoms with Crippen LogP contribution in [0.2, 0.25) is 0 Å². The molecular weight excluding hydrogens is 425 g/mol. The Hall–Kier alpha value is -2.81. The van der Waals surface area contributed by atoms with Crippen LogP contribution in [0.25, 0.3) is 5.69 Å². The molecule has 6 nitrogen and oxygen atoms in total. The van der Waals surface area contributed by atoms with Crippen molar-refractivity contribution in [3.63, 3.8) is 0 Å². The Kier molecular flexibility index (Phi) is 6.16. The molecule has 2 saturated heterocycles. The number of nitrogens with zero attached hydrogens (tertiary/aromatic N) is 4. The third-order valence-electron chi connectivity index (χ3n) is 6.15. The van der Waals surface area contributed by atoms with Gasteiger partial charge in [-0.15, -0.1) is 0 Å². The molecule has 2 aromatic heterocycles. The number of morpholine rings is 1. The largest absolute Gasteiger partial charge is 0.379 e. The van der Waals surface area contributed by atoms with Gasteiger partial charge in [-0.1, -0.05) is 6.07 Å². The average molecular weight is 452 g/mol. The number of thiocarbonyl (C=S) groups is 1. The number of hydrogen-bond donors (Lipinski definition) is 1. The molecule has 2 fully saturated rings. The van der Waals surface area contributed by atoms with Gasteiger partial charge < -0.3 is 19.5 Å². The molecule has 0 amide bonds. The minimum absolute atomic E-state index is 0.0431. The summed E-state index contributed by atoms with van der Waals surface area (Å²) in [6.07, 6.45) is 3.83. The summed E-state index contributed by atoms with van der Waals surface area (Å²) in [5.41, 5.74) is 2.94. The molecule has 2 aliphatic rings. The molecule has 0 bridgehead atoms. The first kappa shape index (κ1) is 21.1. The third-order valence-corrected chi connectivity index (χ3v) is 6.50. The molecule has 5 rings (SSSR count). The molecule has 2 aliphatic heterocycles. The maximum Gasteiger partial charge on any atom is 0.170 e. The maximum atomic E-state index is 13.5. The smallest absolute Gasteiger partial charge is 0.170 e. The molecule has 4 heterocycles. The van der Waals surface area contributed by atoms with E-state index in [4.69, 9.17) is 17.0 Å². The number of halogens is 1. The highest BCUT2D eigenvalue weighted by Gasteiger charge is 2.41. The van der Waals surface area contributed by atoms with Crippen molar-refractivity contribution in [2.24, 2.45) is 0 Å². The molecule has 0 aliphatic carbocycles. The van der Waals surface area contributed by atoms with Gasteiger partial charge in [-0.25, -0.2) is 4.39 Å². The van der Waals surface area contributed by atoms with Crippen molar-refractivity contribution in [3.05, 3.63) is 84.2 Å². The fourth-order valence-electron chi connectivity index (χ4n) is 4.51. The van der Waals surface area contributed by atoms with Gasteiger partial charge in [0.1, 0.15) is 5.82 Å². The Labute approximate surface area is 192 Å². The number of pyridine rings is 1. The molecular formula is C24H26FN5OS. The van der Waals surface area contributed by atoms with Crippen LogP contribution in [0.5, 0.6) is 0 Å². The average Bonchev–Trinajstić information content (AvgIpc) is 3.43. The summed E-state index contributed by atoms with van der Waals surface area (Å²) in [5, 5.41) is 4.24. The monoisotopic (exact) mass is 451 g/mol. The molecule has 166 valence electrons. The third kappa shape index (κ3) is 4.26. The lowest BCUT2D eigenvalue weighted by atomic mass is 10.0. The van der Waals surface area contributed by atoms with Crippen LogP contribution in [0.4, 0.5) is 4.39 Å². The molecule has 0 unspecified atom stereocenters. The molecule has 32 heavy (non-hydrogen) atoms. The van der Waals surface area contributed by atoms with E-state index in [0.717, 1.165) is 61.6 Å². The summed E-state index contributed by atoms with van der Waals surface area (Å²) in [5.74, 6) is -0.246. The molecule has 0 saturated carbocycles. The summed E-state index contributed by atoms with van der Waals surface area (Å²) in [7, 11) is 0. The van der Waals surface area contributed by atoms with Crippen LogP contribution >= 0.6 is 12.2 Å². The minimum Gasteiger partial charge on any atom is -0.379 e. The van der Waals surface area contributed by atoms with Crippen LogP contribution in [0, 0.1) is 5.82 Å². The fourth-order valence-corrected chi connectivity index (χ4v) is 4.85. The first-order valence-corrected chi connectivity index (χ1v) is 11.3. The summed E-state index contributed by atoms with van der Waals surface area (Å²) < 4.78 is 21.1. The van der Waals surface area contributed by atoms with Gasteiger partial charge in [-0.2, -0.15) is 0 Å². The van der Waals surface area contributed by atoms with E-state index in [0.29, 0.717) is 0 Å². The van der Waals surface area contributed by atoms with Gasteiger partial charge in [0.05, 0.1) is 31.0 Å². The second-order valence-corrected chi connectivity index (χ2v) is 8.44. The van der Waals surface area contributed by atoms with E-state index < -0.39 is 0 Å². The molecule has 3 aromatic rings. The second-order valence-electron chi connectivity index (χ2n) is 8.05. The number of aromatic nitrogens is 2. The van der Waals surface area contributed by atoms with Crippen LogP contribution in [-0.4, -0.2) is 63.9 Å². The molecule has 0 spiro atoms. The van der Waals surface area contributed by atoms with Crippen molar-refractivity contribution in [2.45, 2.75) is 12.1 Å². The zero-order valence-electron chi connectivity index (χ0n) is 17.7. The van der Waals surface area contributed by atoms with Crippen LogP contribution in [0.3, 0.4) is 0 Å². The molecule has 8 heteroatoms. The SMILES string of the molecule is Fc1ccc(-n2cccc2[C@@H]2[C@H](c3ccccn3)NC(=S)N2CCN2CCOCC2)cc1. The Morgan fingerprint density at radius 2 is 1.84 bits per heavy atom. The highest BCUT2D eigenvalue weighted by Crippen LogP contribution is 2.39. The lowest BCUT2D eigenvalue weighted by molar-refractivity contribution is 0.0349. The summed E-state index contributed by atoms with van der Waals surface area (Å²) in [4.78, 5) is 9.30. The van der Waals surface area contributed by atoms with Gasteiger partial charge in [0.25, 0.3) is 0 Å². The highest BCUT2D eigenvalue weighted by molar-refractivity contribution is 7.80. The van der Waals surface area contributed by atoms with E-state index in [9.17, 15) is 4.39 Å². The predicted octanol–water partition coefficient (Wildman–Crippen LogP) is 3.32. The van der Waals surface area contributed by atoms with Crippen molar-refractivity contribution in [1.82, 2.24) is 24.7 Å². The fraction of sp³-hybridized carbons (Fsp3) is 0.333. The van der Waals surface area contributed by atoms with Crippen LogP contribution in [0.15, 0.2) is 67.0 Å². The van der Waals surface area contributed by atoms with Crippen LogP contribution in [-0.2, 0) is 4.74 Å². The van der Waals surface area contributed by atoms with E-state index in [-0.39, 0.29) is 17.9 Å². The maximum absolute atomic E-state index is 13.5. The Morgan fingerprint density at radius 1 is 1.03 bits per heavy atom. The van der Waals surface area contributed by atoms with E-state index in [1.807, 2.05) is 36.7 Å². The molecule has 2 atom stereocenters. The molecule has 0 radical (unpaired) electrons. The van der Waals surface area contributed by atoms with E-state index in [2.05, 4.69) is 30.7 Å². The first-order valence-electron chi connectivity index (χ1n) is 10.9. The number of hydrogen-bond acceptors (Lipinski definition) is 4. The predicted molar refractivity (Wildman–Crippen MR) is 125 cm³/mol. The van der Waals surface area contributed by atoms with Gasteiger partial charge in [-0.3, -0.25) is 9.88 Å². The minimum atomic E-state index is -0.246.